The molecule has 0 spiro atoms. The Kier molecular flexibility index (Phi) is 8.71. The van der Waals surface area contributed by atoms with Gasteiger partial charge in [0.15, 0.2) is 0 Å². The number of anilines is 1. The number of aromatic hydroxyl groups is 1. The van der Waals surface area contributed by atoms with Crippen LogP contribution in [0.1, 0.15) is 29.0 Å². The van der Waals surface area contributed by atoms with Crippen LogP contribution in [0.15, 0.2) is 78.9 Å². The van der Waals surface area contributed by atoms with Gasteiger partial charge in [-0.2, -0.15) is 0 Å². The SMILES string of the molecule is CN(C)C[C@@H]1[C@H](c2ccc(C#Cc3ccccc3)cc2)[C@@H]2CN(C(=O)Nc3ccc(O)cc3)CCC(CO)CN12. The molecule has 2 fully saturated rings. The van der Waals surface area contributed by atoms with Crippen molar-refractivity contribution < 1.29 is 15.0 Å². The molecule has 0 radical (unpaired) electrons. The number of urea groups is 1. The topological polar surface area (TPSA) is 79.3 Å². The molecule has 0 aliphatic carbocycles. The summed E-state index contributed by atoms with van der Waals surface area (Å²) in [4.78, 5) is 20.0. The summed E-state index contributed by atoms with van der Waals surface area (Å²) < 4.78 is 0. The largest absolute Gasteiger partial charge is 0.508 e. The summed E-state index contributed by atoms with van der Waals surface area (Å²) in [5.74, 6) is 7.02. The minimum Gasteiger partial charge on any atom is -0.508 e. The first-order chi connectivity index (χ1) is 19.4. The first-order valence-electron chi connectivity index (χ1n) is 13.9. The van der Waals surface area contributed by atoms with Crippen molar-refractivity contribution >= 4 is 11.7 Å². The smallest absolute Gasteiger partial charge is 0.321 e. The van der Waals surface area contributed by atoms with Gasteiger partial charge in [0.05, 0.1) is 0 Å². The van der Waals surface area contributed by atoms with Gasteiger partial charge in [0.2, 0.25) is 0 Å². The molecule has 4 atom stereocenters. The van der Waals surface area contributed by atoms with Gasteiger partial charge in [-0.3, -0.25) is 4.90 Å². The predicted octanol–water partition coefficient (Wildman–Crippen LogP) is 4.04. The Morgan fingerprint density at radius 3 is 2.27 bits per heavy atom. The monoisotopic (exact) mass is 538 g/mol. The highest BCUT2D eigenvalue weighted by molar-refractivity contribution is 5.89. The number of benzene rings is 3. The third-order valence-electron chi connectivity index (χ3n) is 8.00. The lowest BCUT2D eigenvalue weighted by Crippen LogP contribution is -2.70. The fourth-order valence-corrected chi connectivity index (χ4v) is 5.92. The van der Waals surface area contributed by atoms with Gasteiger partial charge < -0.3 is 25.3 Å². The van der Waals surface area contributed by atoms with Crippen LogP contribution in [0.5, 0.6) is 5.75 Å². The highest BCUT2D eigenvalue weighted by Gasteiger charge is 2.50. The second-order valence-corrected chi connectivity index (χ2v) is 11.1. The van der Waals surface area contributed by atoms with E-state index in [1.54, 1.807) is 24.3 Å². The standard InChI is InChI=1S/C33H38N4O3/c1-35(2)21-30-32(27-12-10-25(11-13-27)9-8-24-6-4-3-5-7-24)31-22-36(19-18-26(23-38)20-37(30)31)33(40)34-28-14-16-29(39)17-15-28/h3-7,10-17,26,30-32,38-39H,18-23H2,1-2H3,(H,34,40)/t26?,30-,31+,32+/m1/s1. The highest BCUT2D eigenvalue weighted by atomic mass is 16.3. The molecule has 1 unspecified atom stereocenters. The third kappa shape index (κ3) is 6.48. The van der Waals surface area contributed by atoms with Gasteiger partial charge in [-0.15, -0.1) is 0 Å². The van der Waals surface area contributed by atoms with E-state index in [9.17, 15) is 15.0 Å². The van der Waals surface area contributed by atoms with Gasteiger partial charge in [-0.1, -0.05) is 42.2 Å². The number of phenols is 1. The van der Waals surface area contributed by atoms with Crippen molar-refractivity contribution in [3.05, 3.63) is 95.6 Å². The number of phenolic OH excluding ortho intramolecular Hbond substituents is 1. The minimum absolute atomic E-state index is 0.102. The van der Waals surface area contributed by atoms with Crippen LogP contribution in [-0.4, -0.2) is 89.9 Å². The van der Waals surface area contributed by atoms with Gasteiger partial charge in [0.1, 0.15) is 5.75 Å². The zero-order chi connectivity index (χ0) is 28.1. The van der Waals surface area contributed by atoms with Crippen LogP contribution >= 0.6 is 0 Å². The molecule has 2 aliphatic heterocycles. The number of amides is 2. The maximum absolute atomic E-state index is 13.4. The number of carbonyl (C=O) groups is 1. The van der Waals surface area contributed by atoms with Crippen molar-refractivity contribution in [3.63, 3.8) is 0 Å². The molecule has 0 aromatic heterocycles. The Morgan fingerprint density at radius 1 is 0.950 bits per heavy atom. The maximum Gasteiger partial charge on any atom is 0.321 e. The quantitative estimate of drug-likeness (QED) is 0.338. The number of fused-ring (bicyclic) bond motifs is 1. The lowest BCUT2D eigenvalue weighted by molar-refractivity contribution is -0.0623. The Balaban J connectivity index is 1.38. The van der Waals surface area contributed by atoms with E-state index in [-0.39, 0.29) is 42.3 Å². The molecule has 5 rings (SSSR count). The van der Waals surface area contributed by atoms with Crippen molar-refractivity contribution in [2.45, 2.75) is 24.4 Å². The number of aliphatic hydroxyl groups is 1. The van der Waals surface area contributed by atoms with Crippen LogP contribution in [0.3, 0.4) is 0 Å². The minimum atomic E-state index is -0.162. The van der Waals surface area contributed by atoms with Crippen molar-refractivity contribution in [3.8, 4) is 17.6 Å². The van der Waals surface area contributed by atoms with Crippen LogP contribution in [0.2, 0.25) is 0 Å². The second-order valence-electron chi connectivity index (χ2n) is 11.1. The van der Waals surface area contributed by atoms with E-state index in [1.165, 1.54) is 5.56 Å². The number of nitrogens with one attached hydrogen (secondary N) is 1. The van der Waals surface area contributed by atoms with E-state index in [0.29, 0.717) is 18.8 Å². The average Bonchev–Trinajstić information content (AvgIpc) is 2.95. The molecule has 3 N–H and O–H groups in total. The van der Waals surface area contributed by atoms with Crippen molar-refractivity contribution in [1.82, 2.24) is 14.7 Å². The summed E-state index contributed by atoms with van der Waals surface area (Å²) >= 11 is 0. The number of rotatable bonds is 5. The molecule has 2 aliphatic rings. The van der Waals surface area contributed by atoms with E-state index in [0.717, 1.165) is 30.6 Å². The highest BCUT2D eigenvalue weighted by Crippen LogP contribution is 2.43. The summed E-state index contributed by atoms with van der Waals surface area (Å²) in [6.07, 6.45) is 0.747. The Bertz CT molecular complexity index is 1330. The Labute approximate surface area is 237 Å². The van der Waals surface area contributed by atoms with Gasteiger partial charge >= 0.3 is 6.03 Å². The molecule has 7 heteroatoms. The van der Waals surface area contributed by atoms with Crippen LogP contribution in [0.25, 0.3) is 0 Å². The molecule has 2 saturated heterocycles. The van der Waals surface area contributed by atoms with Crippen molar-refractivity contribution in [1.29, 1.82) is 0 Å². The summed E-state index contributed by atoms with van der Waals surface area (Å²) in [6.45, 7) is 3.01. The summed E-state index contributed by atoms with van der Waals surface area (Å²) in [5, 5.41) is 22.7. The average molecular weight is 539 g/mol. The van der Waals surface area contributed by atoms with Crippen LogP contribution < -0.4 is 5.32 Å². The van der Waals surface area contributed by atoms with Crippen LogP contribution in [-0.2, 0) is 0 Å². The number of aliphatic hydroxyl groups excluding tert-OH is 1. The van der Waals surface area contributed by atoms with E-state index < -0.39 is 0 Å². The summed E-state index contributed by atoms with van der Waals surface area (Å²) in [7, 11) is 4.19. The molecule has 208 valence electrons. The number of likely N-dealkylation sites (N-methyl/N-ethyl adjacent to an activating group) is 1. The fraction of sp³-hybridized carbons (Fsp3) is 0.364. The van der Waals surface area contributed by atoms with Gasteiger partial charge in [0, 0.05) is 67.6 Å². The van der Waals surface area contributed by atoms with E-state index >= 15 is 0 Å². The fourth-order valence-electron chi connectivity index (χ4n) is 5.92. The van der Waals surface area contributed by atoms with E-state index in [2.05, 4.69) is 65.3 Å². The molecule has 2 amide bonds. The van der Waals surface area contributed by atoms with Gasteiger partial charge in [-0.05, 0) is 80.5 Å². The van der Waals surface area contributed by atoms with E-state index in [1.807, 2.05) is 35.2 Å². The molecule has 2 heterocycles. The molecule has 0 bridgehead atoms. The number of hydrogen-bond acceptors (Lipinski definition) is 5. The van der Waals surface area contributed by atoms with Crippen LogP contribution in [0.4, 0.5) is 10.5 Å². The second kappa shape index (κ2) is 12.6. The third-order valence-corrected chi connectivity index (χ3v) is 8.00. The molecule has 7 nitrogen and oxygen atoms in total. The number of hydrogen-bond donors (Lipinski definition) is 3. The van der Waals surface area contributed by atoms with Crippen molar-refractivity contribution in [2.24, 2.45) is 5.92 Å². The van der Waals surface area contributed by atoms with E-state index in [4.69, 9.17) is 0 Å². The molecular weight excluding hydrogens is 500 g/mol. The Morgan fingerprint density at radius 2 is 1.62 bits per heavy atom. The number of carbonyl (C=O) groups excluding carboxylic acids is 1. The van der Waals surface area contributed by atoms with Crippen LogP contribution in [0, 0.1) is 17.8 Å². The zero-order valence-electron chi connectivity index (χ0n) is 23.2. The number of nitrogens with zero attached hydrogens (tertiary/aromatic N) is 3. The zero-order valence-corrected chi connectivity index (χ0v) is 23.2. The maximum atomic E-state index is 13.4. The first kappa shape index (κ1) is 27.7. The lowest BCUT2D eigenvalue weighted by atomic mass is 9.73. The lowest BCUT2D eigenvalue weighted by Gasteiger charge is -2.59. The molecule has 3 aromatic carbocycles. The first-order valence-corrected chi connectivity index (χ1v) is 13.9. The molecule has 0 saturated carbocycles. The molecular formula is C33H38N4O3. The normalized spacial score (nSPS) is 22.8. The molecule has 40 heavy (non-hydrogen) atoms. The summed E-state index contributed by atoms with van der Waals surface area (Å²) in [6, 6.07) is 25.3. The van der Waals surface area contributed by atoms with Gasteiger partial charge in [0.25, 0.3) is 0 Å². The van der Waals surface area contributed by atoms with Gasteiger partial charge in [-0.25, -0.2) is 4.79 Å². The predicted molar refractivity (Wildman–Crippen MR) is 158 cm³/mol. The van der Waals surface area contributed by atoms with Crippen molar-refractivity contribution in [2.75, 3.05) is 52.2 Å². The molecule has 3 aromatic rings. The summed E-state index contributed by atoms with van der Waals surface area (Å²) in [5.41, 5.74) is 3.85. The Hall–Kier alpha value is -3.83.